The number of carbonyl (C=O) groups is 1. The van der Waals surface area contributed by atoms with Crippen molar-refractivity contribution in [2.75, 3.05) is 13.6 Å². The van der Waals surface area contributed by atoms with E-state index >= 15 is 0 Å². The monoisotopic (exact) mass is 300 g/mol. The molecule has 0 spiro atoms. The summed E-state index contributed by atoms with van der Waals surface area (Å²) in [6, 6.07) is 12.5. The molecule has 110 valence electrons. The molecule has 2 unspecified atom stereocenters. The molecule has 1 aromatic carbocycles. The summed E-state index contributed by atoms with van der Waals surface area (Å²) in [5.41, 5.74) is 2.41. The van der Waals surface area contributed by atoms with Crippen LogP contribution in [0.1, 0.15) is 34.9 Å². The minimum absolute atomic E-state index is 0.0811. The van der Waals surface area contributed by atoms with Gasteiger partial charge in [-0.05, 0) is 29.5 Å². The van der Waals surface area contributed by atoms with E-state index in [1.54, 1.807) is 11.3 Å². The van der Waals surface area contributed by atoms with Crippen LogP contribution in [0.25, 0.3) is 0 Å². The summed E-state index contributed by atoms with van der Waals surface area (Å²) in [7, 11) is 1.91. The molecule has 4 heteroatoms. The number of benzene rings is 1. The van der Waals surface area contributed by atoms with Gasteiger partial charge in [-0.2, -0.15) is 0 Å². The van der Waals surface area contributed by atoms with Gasteiger partial charge in [-0.25, -0.2) is 0 Å². The number of likely N-dealkylation sites (N-methyl/N-ethyl adjacent to an activating group) is 1. The molecular weight excluding hydrogens is 280 g/mol. The fraction of sp³-hybridized carbons (Fsp3) is 0.353. The smallest absolute Gasteiger partial charge is 0.231 e. The van der Waals surface area contributed by atoms with Gasteiger partial charge in [-0.1, -0.05) is 30.3 Å². The predicted octanol–water partition coefficient (Wildman–Crippen LogP) is 3.15. The fourth-order valence-electron chi connectivity index (χ4n) is 2.87. The molecule has 2 aromatic rings. The minimum atomic E-state index is -0.0811. The van der Waals surface area contributed by atoms with Gasteiger partial charge in [0.15, 0.2) is 0 Å². The van der Waals surface area contributed by atoms with Gasteiger partial charge in [0.2, 0.25) is 5.91 Å². The van der Waals surface area contributed by atoms with Crippen LogP contribution in [-0.4, -0.2) is 24.4 Å². The highest BCUT2D eigenvalue weighted by Gasteiger charge is 2.30. The lowest BCUT2D eigenvalue weighted by atomic mass is 9.89. The SMILES string of the molecule is CC(c1cccs1)N(C)C(=O)C1CNCc2ccccc21. The minimum Gasteiger partial charge on any atom is -0.338 e. The van der Waals surface area contributed by atoms with Crippen molar-refractivity contribution in [3.8, 4) is 0 Å². The first-order valence-corrected chi connectivity index (χ1v) is 8.15. The maximum atomic E-state index is 12.9. The summed E-state index contributed by atoms with van der Waals surface area (Å²) in [5, 5.41) is 5.41. The quantitative estimate of drug-likeness (QED) is 0.944. The van der Waals surface area contributed by atoms with E-state index in [-0.39, 0.29) is 17.9 Å². The molecule has 2 atom stereocenters. The number of fused-ring (bicyclic) bond motifs is 1. The zero-order chi connectivity index (χ0) is 14.8. The van der Waals surface area contributed by atoms with Gasteiger partial charge < -0.3 is 10.2 Å². The van der Waals surface area contributed by atoms with Crippen molar-refractivity contribution in [1.29, 1.82) is 0 Å². The topological polar surface area (TPSA) is 32.3 Å². The molecular formula is C17H20N2OS. The van der Waals surface area contributed by atoms with Crippen molar-refractivity contribution in [2.24, 2.45) is 0 Å². The maximum absolute atomic E-state index is 12.9. The Morgan fingerprint density at radius 1 is 1.33 bits per heavy atom. The number of hydrogen-bond acceptors (Lipinski definition) is 3. The van der Waals surface area contributed by atoms with Crippen molar-refractivity contribution >= 4 is 17.2 Å². The van der Waals surface area contributed by atoms with Gasteiger partial charge >= 0.3 is 0 Å². The van der Waals surface area contributed by atoms with E-state index in [9.17, 15) is 4.79 Å². The number of rotatable bonds is 3. The lowest BCUT2D eigenvalue weighted by Gasteiger charge is -2.32. The van der Waals surface area contributed by atoms with Crippen molar-refractivity contribution < 1.29 is 4.79 Å². The molecule has 0 saturated carbocycles. The van der Waals surface area contributed by atoms with Crippen LogP contribution in [0.3, 0.4) is 0 Å². The number of nitrogens with zero attached hydrogens (tertiary/aromatic N) is 1. The van der Waals surface area contributed by atoms with E-state index in [4.69, 9.17) is 0 Å². The molecule has 1 aliphatic rings. The molecule has 3 nitrogen and oxygen atoms in total. The predicted molar refractivity (Wildman–Crippen MR) is 86.4 cm³/mol. The van der Waals surface area contributed by atoms with Crippen molar-refractivity contribution in [3.63, 3.8) is 0 Å². The van der Waals surface area contributed by atoms with Crippen LogP contribution in [0.2, 0.25) is 0 Å². The molecule has 0 aliphatic carbocycles. The molecule has 0 bridgehead atoms. The van der Waals surface area contributed by atoms with Gasteiger partial charge in [-0.3, -0.25) is 4.79 Å². The Kier molecular flexibility index (Phi) is 4.08. The van der Waals surface area contributed by atoms with Crippen LogP contribution < -0.4 is 5.32 Å². The summed E-state index contributed by atoms with van der Waals surface area (Å²) in [4.78, 5) is 16.0. The first-order valence-electron chi connectivity index (χ1n) is 7.27. The molecule has 1 amide bonds. The van der Waals surface area contributed by atoms with Crippen LogP contribution in [-0.2, 0) is 11.3 Å². The van der Waals surface area contributed by atoms with Gasteiger partial charge in [0.25, 0.3) is 0 Å². The molecule has 3 rings (SSSR count). The Morgan fingerprint density at radius 3 is 2.90 bits per heavy atom. The van der Waals surface area contributed by atoms with E-state index in [0.717, 1.165) is 13.1 Å². The van der Waals surface area contributed by atoms with Crippen LogP contribution in [0.4, 0.5) is 0 Å². The van der Waals surface area contributed by atoms with Crippen LogP contribution >= 0.6 is 11.3 Å². The van der Waals surface area contributed by atoms with E-state index in [1.807, 2.05) is 30.1 Å². The summed E-state index contributed by atoms with van der Waals surface area (Å²) in [5.74, 6) is 0.109. The summed E-state index contributed by atoms with van der Waals surface area (Å²) in [6.07, 6.45) is 0. The van der Waals surface area contributed by atoms with E-state index in [2.05, 4.69) is 35.8 Å². The van der Waals surface area contributed by atoms with Gasteiger partial charge in [0.1, 0.15) is 0 Å². The van der Waals surface area contributed by atoms with Crippen LogP contribution in [0, 0.1) is 0 Å². The summed E-state index contributed by atoms with van der Waals surface area (Å²) < 4.78 is 0. The fourth-order valence-corrected chi connectivity index (χ4v) is 3.70. The number of thiophene rings is 1. The van der Waals surface area contributed by atoms with Crippen molar-refractivity contribution in [2.45, 2.75) is 25.4 Å². The van der Waals surface area contributed by atoms with Crippen molar-refractivity contribution in [1.82, 2.24) is 10.2 Å². The average Bonchev–Trinajstić information content (AvgIpc) is 3.06. The first-order chi connectivity index (χ1) is 10.2. The Labute approximate surface area is 129 Å². The molecule has 1 aromatic heterocycles. The van der Waals surface area contributed by atoms with Crippen LogP contribution in [0.5, 0.6) is 0 Å². The third-order valence-electron chi connectivity index (χ3n) is 4.28. The Balaban J connectivity index is 1.83. The van der Waals surface area contributed by atoms with Gasteiger partial charge in [0, 0.05) is 25.0 Å². The molecule has 2 heterocycles. The second-order valence-electron chi connectivity index (χ2n) is 5.52. The number of hydrogen-bond donors (Lipinski definition) is 1. The molecule has 0 radical (unpaired) electrons. The lowest BCUT2D eigenvalue weighted by molar-refractivity contribution is -0.133. The molecule has 0 saturated heterocycles. The number of carbonyl (C=O) groups excluding carboxylic acids is 1. The first kappa shape index (κ1) is 14.3. The highest BCUT2D eigenvalue weighted by Crippen LogP contribution is 2.30. The maximum Gasteiger partial charge on any atom is 0.231 e. The van der Waals surface area contributed by atoms with Gasteiger partial charge in [0.05, 0.1) is 12.0 Å². The van der Waals surface area contributed by atoms with Gasteiger partial charge in [-0.15, -0.1) is 11.3 Å². The second-order valence-corrected chi connectivity index (χ2v) is 6.50. The third kappa shape index (κ3) is 2.74. The number of nitrogens with one attached hydrogen (secondary N) is 1. The zero-order valence-corrected chi connectivity index (χ0v) is 13.2. The lowest BCUT2D eigenvalue weighted by Crippen LogP contribution is -2.40. The Hall–Kier alpha value is -1.65. The van der Waals surface area contributed by atoms with Crippen LogP contribution in [0.15, 0.2) is 41.8 Å². The highest BCUT2D eigenvalue weighted by molar-refractivity contribution is 7.10. The second kappa shape index (κ2) is 6.00. The summed E-state index contributed by atoms with van der Waals surface area (Å²) in [6.45, 7) is 3.66. The highest BCUT2D eigenvalue weighted by atomic mass is 32.1. The Morgan fingerprint density at radius 2 is 2.14 bits per heavy atom. The zero-order valence-electron chi connectivity index (χ0n) is 12.4. The average molecular weight is 300 g/mol. The molecule has 1 aliphatic heterocycles. The summed E-state index contributed by atoms with van der Waals surface area (Å²) >= 11 is 1.70. The molecule has 21 heavy (non-hydrogen) atoms. The number of amides is 1. The van der Waals surface area contributed by atoms with E-state index in [0.29, 0.717) is 0 Å². The third-order valence-corrected chi connectivity index (χ3v) is 5.32. The molecule has 0 fully saturated rings. The van der Waals surface area contributed by atoms with Crippen molar-refractivity contribution in [3.05, 3.63) is 57.8 Å². The largest absolute Gasteiger partial charge is 0.338 e. The molecule has 1 N–H and O–H groups in total. The Bertz CT molecular complexity index is 623. The standard InChI is InChI=1S/C17H20N2OS/c1-12(16-8-5-9-21-16)19(2)17(20)15-11-18-10-13-6-3-4-7-14(13)15/h3-9,12,15,18H,10-11H2,1-2H3. The van der Waals surface area contributed by atoms with E-state index in [1.165, 1.54) is 16.0 Å². The van der Waals surface area contributed by atoms with E-state index < -0.39 is 0 Å². The normalized spacial score (nSPS) is 18.9.